The maximum absolute atomic E-state index is 12.2. The second-order valence-corrected chi connectivity index (χ2v) is 7.70. The van der Waals surface area contributed by atoms with Gasteiger partial charge in [0.05, 0.1) is 33.0 Å². The van der Waals surface area contributed by atoms with Crippen molar-refractivity contribution in [2.24, 2.45) is 16.7 Å². The Bertz CT molecular complexity index is 398. The molecule has 5 heteroatoms. The van der Waals surface area contributed by atoms with Crippen LogP contribution in [0.1, 0.15) is 46.5 Å². The van der Waals surface area contributed by atoms with Crippen LogP contribution in [-0.2, 0) is 19.0 Å². The van der Waals surface area contributed by atoms with Crippen molar-refractivity contribution in [3.8, 4) is 0 Å². The molecule has 134 valence electrons. The van der Waals surface area contributed by atoms with Gasteiger partial charge in [-0.2, -0.15) is 0 Å². The van der Waals surface area contributed by atoms with Crippen molar-refractivity contribution >= 4 is 5.91 Å². The highest BCUT2D eigenvalue weighted by Gasteiger charge is 2.61. The lowest BCUT2D eigenvalue weighted by Crippen LogP contribution is -2.47. The molecule has 0 spiro atoms. The number of ether oxygens (including phenoxy) is 3. The van der Waals surface area contributed by atoms with Crippen LogP contribution in [0.15, 0.2) is 0 Å². The lowest BCUT2D eigenvalue weighted by Gasteiger charge is -2.39. The van der Waals surface area contributed by atoms with Crippen molar-refractivity contribution in [2.45, 2.75) is 52.5 Å². The van der Waals surface area contributed by atoms with Crippen molar-refractivity contribution < 1.29 is 19.0 Å². The Kier molecular flexibility index (Phi) is 6.46. The number of carbonyl (C=O) groups excluding carboxylic acids is 1. The van der Waals surface area contributed by atoms with Crippen LogP contribution in [0, 0.1) is 16.7 Å². The third kappa shape index (κ3) is 4.06. The van der Waals surface area contributed by atoms with Gasteiger partial charge in [0.2, 0.25) is 5.91 Å². The number of fused-ring (bicyclic) bond motifs is 2. The van der Waals surface area contributed by atoms with E-state index in [4.69, 9.17) is 14.2 Å². The molecule has 3 atom stereocenters. The average Bonchev–Trinajstić information content (AvgIpc) is 2.83. The van der Waals surface area contributed by atoms with E-state index >= 15 is 0 Å². The lowest BCUT2D eigenvalue weighted by molar-refractivity contribution is -0.124. The molecule has 0 saturated heterocycles. The van der Waals surface area contributed by atoms with Crippen molar-refractivity contribution in [2.75, 3.05) is 40.1 Å². The summed E-state index contributed by atoms with van der Waals surface area (Å²) in [5.41, 5.74) is 0.574. The number of amides is 1. The quantitative estimate of drug-likeness (QED) is 0.626. The fraction of sp³-hybridized carbons (Fsp3) is 0.944. The highest BCUT2D eigenvalue weighted by molar-refractivity contribution is 5.76. The van der Waals surface area contributed by atoms with Gasteiger partial charge in [-0.1, -0.05) is 20.8 Å². The molecule has 0 aromatic rings. The number of rotatable bonds is 10. The molecule has 0 aromatic heterocycles. The first kappa shape index (κ1) is 18.7. The number of nitrogens with one attached hydrogen (secondary N) is 1. The van der Waals surface area contributed by atoms with Gasteiger partial charge in [0.15, 0.2) is 0 Å². The number of methoxy groups -OCH3 is 1. The molecule has 23 heavy (non-hydrogen) atoms. The minimum absolute atomic E-state index is 0.111. The highest BCUT2D eigenvalue weighted by Crippen LogP contribution is 2.65. The highest BCUT2D eigenvalue weighted by atomic mass is 16.5. The minimum Gasteiger partial charge on any atom is -0.382 e. The molecule has 2 rings (SSSR count). The first-order chi connectivity index (χ1) is 10.9. The molecule has 2 aliphatic carbocycles. The molecule has 1 N–H and O–H groups in total. The predicted molar refractivity (Wildman–Crippen MR) is 89.3 cm³/mol. The summed E-state index contributed by atoms with van der Waals surface area (Å²) in [5, 5.41) is 3.26. The average molecular weight is 327 g/mol. The predicted octanol–water partition coefficient (Wildman–Crippen LogP) is 2.39. The molecule has 0 aliphatic heterocycles. The third-order valence-corrected chi connectivity index (χ3v) is 6.41. The Hall–Kier alpha value is -0.650. The van der Waals surface area contributed by atoms with Crippen LogP contribution in [0.25, 0.3) is 0 Å². The number of carbonyl (C=O) groups is 1. The number of hydrogen-bond donors (Lipinski definition) is 1. The van der Waals surface area contributed by atoms with Crippen molar-refractivity contribution in [3.63, 3.8) is 0 Å². The first-order valence-corrected chi connectivity index (χ1v) is 8.85. The molecular weight excluding hydrogens is 294 g/mol. The van der Waals surface area contributed by atoms with Gasteiger partial charge >= 0.3 is 0 Å². The van der Waals surface area contributed by atoms with Crippen LogP contribution in [-0.4, -0.2) is 52.1 Å². The van der Waals surface area contributed by atoms with Crippen LogP contribution >= 0.6 is 0 Å². The van der Waals surface area contributed by atoms with Crippen molar-refractivity contribution in [3.05, 3.63) is 0 Å². The molecule has 2 bridgehead atoms. The van der Waals surface area contributed by atoms with E-state index < -0.39 is 0 Å². The van der Waals surface area contributed by atoms with Crippen LogP contribution in [0.4, 0.5) is 0 Å². The summed E-state index contributed by atoms with van der Waals surface area (Å²) in [4.78, 5) is 12.2. The fourth-order valence-electron chi connectivity index (χ4n) is 4.32. The zero-order chi connectivity index (χ0) is 16.9. The van der Waals surface area contributed by atoms with E-state index in [1.165, 1.54) is 12.8 Å². The summed E-state index contributed by atoms with van der Waals surface area (Å²) in [6.45, 7) is 9.77. The Balaban J connectivity index is 1.59. The molecule has 0 radical (unpaired) electrons. The SMILES string of the molecule is COCCOCCOCCC(=O)N[C@H]1C[C@@H]2CC[C@]1(C)C2(C)C. The van der Waals surface area contributed by atoms with Gasteiger partial charge in [-0.3, -0.25) is 4.79 Å². The molecule has 2 aliphatic rings. The zero-order valence-corrected chi connectivity index (χ0v) is 15.2. The summed E-state index contributed by atoms with van der Waals surface area (Å²) >= 11 is 0. The Morgan fingerprint density at radius 2 is 1.74 bits per heavy atom. The second kappa shape index (κ2) is 7.95. The maximum atomic E-state index is 12.2. The fourth-order valence-corrected chi connectivity index (χ4v) is 4.32. The molecule has 5 nitrogen and oxygen atoms in total. The van der Waals surface area contributed by atoms with E-state index in [-0.39, 0.29) is 11.3 Å². The normalized spacial score (nSPS) is 31.5. The molecule has 1 amide bonds. The second-order valence-electron chi connectivity index (χ2n) is 7.70. The molecule has 2 fully saturated rings. The largest absolute Gasteiger partial charge is 0.382 e. The molecule has 0 aromatic carbocycles. The maximum Gasteiger partial charge on any atom is 0.222 e. The summed E-state index contributed by atoms with van der Waals surface area (Å²) in [6, 6.07) is 0.320. The van der Waals surface area contributed by atoms with Gasteiger partial charge in [0.25, 0.3) is 0 Å². The molecular formula is C18H33NO4. The van der Waals surface area contributed by atoms with Gasteiger partial charge < -0.3 is 19.5 Å². The van der Waals surface area contributed by atoms with E-state index in [9.17, 15) is 4.79 Å². The third-order valence-electron chi connectivity index (χ3n) is 6.41. The van der Waals surface area contributed by atoms with Crippen LogP contribution < -0.4 is 5.32 Å². The standard InChI is InChI=1S/C18H33NO4/c1-17(2)14-5-7-18(17,3)15(13-14)19-16(20)6-8-22-11-12-23-10-9-21-4/h14-15H,5-13H2,1-4H3,(H,19,20)/t14-,15-,18-/m0/s1. The minimum atomic E-state index is 0.111. The van der Waals surface area contributed by atoms with Crippen molar-refractivity contribution in [1.29, 1.82) is 0 Å². The van der Waals surface area contributed by atoms with Crippen LogP contribution in [0.5, 0.6) is 0 Å². The first-order valence-electron chi connectivity index (χ1n) is 8.85. The van der Waals surface area contributed by atoms with Gasteiger partial charge in [-0.15, -0.1) is 0 Å². The smallest absolute Gasteiger partial charge is 0.222 e. The van der Waals surface area contributed by atoms with Crippen LogP contribution in [0.3, 0.4) is 0 Å². The van der Waals surface area contributed by atoms with E-state index in [0.29, 0.717) is 50.9 Å². The van der Waals surface area contributed by atoms with E-state index in [2.05, 4.69) is 26.1 Å². The Morgan fingerprint density at radius 3 is 2.30 bits per heavy atom. The topological polar surface area (TPSA) is 56.8 Å². The Labute approximate surface area is 140 Å². The van der Waals surface area contributed by atoms with E-state index in [0.717, 1.165) is 12.3 Å². The van der Waals surface area contributed by atoms with Gasteiger partial charge in [0.1, 0.15) is 0 Å². The van der Waals surface area contributed by atoms with Gasteiger partial charge in [-0.25, -0.2) is 0 Å². The summed E-state index contributed by atoms with van der Waals surface area (Å²) in [5.74, 6) is 0.859. The zero-order valence-electron chi connectivity index (χ0n) is 15.2. The molecule has 0 unspecified atom stereocenters. The van der Waals surface area contributed by atoms with Gasteiger partial charge in [-0.05, 0) is 36.0 Å². The summed E-state index contributed by atoms with van der Waals surface area (Å²) in [6.07, 6.45) is 4.09. The molecule has 2 saturated carbocycles. The Morgan fingerprint density at radius 1 is 1.09 bits per heavy atom. The van der Waals surface area contributed by atoms with Crippen LogP contribution in [0.2, 0.25) is 0 Å². The van der Waals surface area contributed by atoms with E-state index in [1.54, 1.807) is 7.11 Å². The molecule has 0 heterocycles. The van der Waals surface area contributed by atoms with Crippen molar-refractivity contribution in [1.82, 2.24) is 5.32 Å². The lowest BCUT2D eigenvalue weighted by atomic mass is 9.69. The summed E-state index contributed by atoms with van der Waals surface area (Å²) in [7, 11) is 1.65. The summed E-state index contributed by atoms with van der Waals surface area (Å²) < 4.78 is 15.6. The number of hydrogen-bond acceptors (Lipinski definition) is 4. The monoisotopic (exact) mass is 327 g/mol. The van der Waals surface area contributed by atoms with E-state index in [1.807, 2.05) is 0 Å². The van der Waals surface area contributed by atoms with Gasteiger partial charge in [0, 0.05) is 19.6 Å².